The Morgan fingerprint density at radius 3 is 2.75 bits per heavy atom. The summed E-state index contributed by atoms with van der Waals surface area (Å²) in [7, 11) is 0. The van der Waals surface area contributed by atoms with Crippen molar-refractivity contribution in [3.63, 3.8) is 0 Å². The molecule has 2 unspecified atom stereocenters. The van der Waals surface area contributed by atoms with Crippen molar-refractivity contribution in [3.8, 4) is 0 Å². The minimum atomic E-state index is -0.843. The van der Waals surface area contributed by atoms with Gasteiger partial charge in [0.05, 0.1) is 19.1 Å². The highest BCUT2D eigenvalue weighted by Gasteiger charge is 2.44. The Labute approximate surface area is 94.7 Å². The van der Waals surface area contributed by atoms with E-state index in [0.29, 0.717) is 12.5 Å². The minimum Gasteiger partial charge on any atom is -0.481 e. The van der Waals surface area contributed by atoms with Crippen molar-refractivity contribution in [2.24, 2.45) is 5.92 Å². The van der Waals surface area contributed by atoms with E-state index in [0.717, 1.165) is 26.1 Å². The largest absolute Gasteiger partial charge is 0.481 e. The summed E-state index contributed by atoms with van der Waals surface area (Å²) in [5.41, 5.74) is 0. The maximum Gasteiger partial charge on any atom is 0.306 e. The van der Waals surface area contributed by atoms with Gasteiger partial charge in [0.15, 0.2) is 5.79 Å². The van der Waals surface area contributed by atoms with Crippen molar-refractivity contribution in [1.82, 2.24) is 0 Å². The van der Waals surface area contributed by atoms with Crippen LogP contribution in [0.15, 0.2) is 0 Å². The second kappa shape index (κ2) is 4.69. The van der Waals surface area contributed by atoms with E-state index in [-0.39, 0.29) is 12.5 Å². The van der Waals surface area contributed by atoms with Crippen LogP contribution >= 0.6 is 0 Å². The van der Waals surface area contributed by atoms with Crippen LogP contribution in [-0.2, 0) is 19.0 Å². The Balaban J connectivity index is 1.91. The van der Waals surface area contributed by atoms with Crippen LogP contribution in [-0.4, -0.2) is 42.8 Å². The van der Waals surface area contributed by atoms with Crippen molar-refractivity contribution in [3.05, 3.63) is 0 Å². The van der Waals surface area contributed by atoms with E-state index < -0.39 is 11.8 Å². The Morgan fingerprint density at radius 2 is 2.12 bits per heavy atom. The number of aliphatic carboxylic acids is 1. The zero-order valence-electron chi connectivity index (χ0n) is 9.48. The van der Waals surface area contributed by atoms with E-state index in [1.54, 1.807) is 0 Å². The highest BCUT2D eigenvalue weighted by Crippen LogP contribution is 2.37. The van der Waals surface area contributed by atoms with Gasteiger partial charge in [-0.25, -0.2) is 0 Å². The molecule has 0 aromatic heterocycles. The number of rotatable bonds is 3. The third kappa shape index (κ3) is 2.53. The predicted octanol–water partition coefficient (Wildman–Crippen LogP) is 1.02. The molecule has 0 radical (unpaired) electrons. The Bertz CT molecular complexity index is 261. The molecule has 0 aromatic rings. The van der Waals surface area contributed by atoms with Crippen molar-refractivity contribution in [1.29, 1.82) is 0 Å². The lowest BCUT2D eigenvalue weighted by Crippen LogP contribution is -2.40. The molecular weight excluding hydrogens is 212 g/mol. The average molecular weight is 230 g/mol. The van der Waals surface area contributed by atoms with Crippen molar-refractivity contribution in [2.75, 3.05) is 19.8 Å². The quantitative estimate of drug-likeness (QED) is 0.784. The van der Waals surface area contributed by atoms with E-state index in [9.17, 15) is 4.79 Å². The summed E-state index contributed by atoms with van der Waals surface area (Å²) in [6, 6.07) is 0. The van der Waals surface area contributed by atoms with Gasteiger partial charge in [0.2, 0.25) is 0 Å². The number of carboxylic acid groups (broad SMARTS) is 1. The summed E-state index contributed by atoms with van der Waals surface area (Å²) >= 11 is 0. The van der Waals surface area contributed by atoms with E-state index in [4.69, 9.17) is 19.3 Å². The Hall–Kier alpha value is -0.650. The zero-order chi connectivity index (χ0) is 11.6. The smallest absolute Gasteiger partial charge is 0.306 e. The van der Waals surface area contributed by atoms with Crippen molar-refractivity contribution < 1.29 is 24.1 Å². The molecule has 2 heterocycles. The number of carboxylic acids is 1. The summed E-state index contributed by atoms with van der Waals surface area (Å²) in [6.07, 6.45) is 1.52. The third-order valence-corrected chi connectivity index (χ3v) is 3.32. The molecule has 1 N–H and O–H groups in total. The monoisotopic (exact) mass is 230 g/mol. The second-order valence-electron chi connectivity index (χ2n) is 4.55. The molecule has 2 aliphatic rings. The van der Waals surface area contributed by atoms with Crippen LogP contribution in [0.2, 0.25) is 0 Å². The fourth-order valence-electron chi connectivity index (χ4n) is 2.39. The number of hydrogen-bond donors (Lipinski definition) is 1. The minimum absolute atomic E-state index is 0.0127. The van der Waals surface area contributed by atoms with Gasteiger partial charge in [-0.1, -0.05) is 0 Å². The molecule has 16 heavy (non-hydrogen) atoms. The van der Waals surface area contributed by atoms with Crippen LogP contribution in [0, 0.1) is 5.92 Å². The first-order valence-corrected chi connectivity index (χ1v) is 5.71. The summed E-state index contributed by atoms with van der Waals surface area (Å²) < 4.78 is 16.7. The van der Waals surface area contributed by atoms with Crippen LogP contribution < -0.4 is 0 Å². The van der Waals surface area contributed by atoms with Gasteiger partial charge in [-0.2, -0.15) is 0 Å². The fourth-order valence-corrected chi connectivity index (χ4v) is 2.39. The lowest BCUT2D eigenvalue weighted by Gasteiger charge is -2.35. The van der Waals surface area contributed by atoms with Crippen LogP contribution in [0.4, 0.5) is 0 Å². The molecule has 5 nitrogen and oxygen atoms in total. The zero-order valence-corrected chi connectivity index (χ0v) is 9.48. The molecule has 0 spiro atoms. The molecule has 2 atom stereocenters. The number of carbonyl (C=O) groups is 1. The summed E-state index contributed by atoms with van der Waals surface area (Å²) in [6.45, 7) is 3.75. The van der Waals surface area contributed by atoms with Crippen molar-refractivity contribution in [2.45, 2.75) is 38.1 Å². The molecule has 2 aliphatic heterocycles. The normalized spacial score (nSPS) is 36.4. The molecule has 2 saturated heterocycles. The molecule has 0 saturated carbocycles. The van der Waals surface area contributed by atoms with Gasteiger partial charge in [-0.3, -0.25) is 4.79 Å². The van der Waals surface area contributed by atoms with E-state index >= 15 is 0 Å². The summed E-state index contributed by atoms with van der Waals surface area (Å²) in [5.74, 6) is -1.16. The highest BCUT2D eigenvalue weighted by molar-refractivity contribution is 5.67. The first-order chi connectivity index (χ1) is 7.60. The summed E-state index contributed by atoms with van der Waals surface area (Å²) in [5, 5.41) is 8.70. The van der Waals surface area contributed by atoms with Crippen LogP contribution in [0.25, 0.3) is 0 Å². The second-order valence-corrected chi connectivity index (χ2v) is 4.55. The molecule has 0 amide bonds. The van der Waals surface area contributed by atoms with Crippen molar-refractivity contribution >= 4 is 5.97 Å². The molecular formula is C11H18O5. The lowest BCUT2D eigenvalue weighted by atomic mass is 9.92. The van der Waals surface area contributed by atoms with Gasteiger partial charge >= 0.3 is 5.97 Å². The average Bonchev–Trinajstić information content (AvgIpc) is 2.62. The lowest BCUT2D eigenvalue weighted by molar-refractivity contribution is -0.207. The maximum absolute atomic E-state index is 10.6. The molecule has 2 fully saturated rings. The van der Waals surface area contributed by atoms with Gasteiger partial charge in [0.1, 0.15) is 0 Å². The van der Waals surface area contributed by atoms with Gasteiger partial charge in [0, 0.05) is 19.1 Å². The third-order valence-electron chi connectivity index (χ3n) is 3.32. The van der Waals surface area contributed by atoms with Crippen LogP contribution in [0.1, 0.15) is 26.2 Å². The fraction of sp³-hybridized carbons (Fsp3) is 0.909. The van der Waals surface area contributed by atoms with Gasteiger partial charge in [-0.05, 0) is 19.8 Å². The molecule has 0 bridgehead atoms. The van der Waals surface area contributed by atoms with Crippen LogP contribution in [0.5, 0.6) is 0 Å². The molecule has 0 aliphatic carbocycles. The Kier molecular flexibility index (Phi) is 3.47. The van der Waals surface area contributed by atoms with E-state index in [1.165, 1.54) is 0 Å². The topological polar surface area (TPSA) is 65.0 Å². The van der Waals surface area contributed by atoms with E-state index in [1.807, 2.05) is 6.92 Å². The molecule has 0 aromatic carbocycles. The van der Waals surface area contributed by atoms with Gasteiger partial charge < -0.3 is 19.3 Å². The first-order valence-electron chi connectivity index (χ1n) is 5.71. The molecule has 5 heteroatoms. The Morgan fingerprint density at radius 1 is 1.44 bits per heavy atom. The van der Waals surface area contributed by atoms with E-state index in [2.05, 4.69) is 0 Å². The highest BCUT2D eigenvalue weighted by atomic mass is 16.7. The predicted molar refractivity (Wildman–Crippen MR) is 55.0 cm³/mol. The van der Waals surface area contributed by atoms with Gasteiger partial charge in [-0.15, -0.1) is 0 Å². The first kappa shape index (κ1) is 11.8. The standard InChI is InChI=1S/C11H18O5/c1-11(8-2-4-14-5-3-8)15-7-9(16-11)6-10(12)13/h8-9H,2-7H2,1H3,(H,12,13). The molecule has 92 valence electrons. The van der Waals surface area contributed by atoms with Crippen LogP contribution in [0.3, 0.4) is 0 Å². The maximum atomic E-state index is 10.6. The number of hydrogen-bond acceptors (Lipinski definition) is 4. The summed E-state index contributed by atoms with van der Waals surface area (Å²) in [4.78, 5) is 10.6. The molecule has 2 rings (SSSR count). The SMILES string of the molecule is CC1(C2CCOCC2)OCC(CC(=O)O)O1. The number of ether oxygens (including phenoxy) is 3. The van der Waals surface area contributed by atoms with Gasteiger partial charge in [0.25, 0.3) is 0 Å².